The van der Waals surface area contributed by atoms with Gasteiger partial charge in [-0.25, -0.2) is 4.79 Å². The first-order valence-corrected chi connectivity index (χ1v) is 7.29. The number of carbonyl (C=O) groups excluding carboxylic acids is 1. The molecule has 0 aliphatic heterocycles. The van der Waals surface area contributed by atoms with Crippen LogP contribution in [0, 0.1) is 6.92 Å². The van der Waals surface area contributed by atoms with Gasteiger partial charge >= 0.3 is 5.97 Å². The number of thioether (sulfide) groups is 1. The van der Waals surface area contributed by atoms with Crippen molar-refractivity contribution >= 4 is 17.7 Å². The van der Waals surface area contributed by atoms with Crippen molar-refractivity contribution in [3.05, 3.63) is 65.2 Å². The normalized spacial score (nSPS) is 10.2. The van der Waals surface area contributed by atoms with E-state index in [0.29, 0.717) is 12.2 Å². The summed E-state index contributed by atoms with van der Waals surface area (Å²) in [5.41, 5.74) is 2.57. The average Bonchev–Trinajstić information content (AvgIpc) is 2.45. The van der Waals surface area contributed by atoms with E-state index in [0.717, 1.165) is 11.1 Å². The highest BCUT2D eigenvalue weighted by molar-refractivity contribution is 7.98. The third-order valence-electron chi connectivity index (χ3n) is 2.87. The Hall–Kier alpha value is -1.74. The van der Waals surface area contributed by atoms with Crippen molar-refractivity contribution in [2.45, 2.75) is 18.4 Å². The summed E-state index contributed by atoms with van der Waals surface area (Å²) in [6, 6.07) is 15.5. The minimum absolute atomic E-state index is 0.271. The van der Waals surface area contributed by atoms with Crippen molar-refractivity contribution in [3.8, 4) is 0 Å². The molecule has 0 saturated carbocycles. The predicted molar refractivity (Wildman–Crippen MR) is 78.5 cm³/mol. The lowest BCUT2D eigenvalue weighted by Crippen LogP contribution is -2.06. The van der Waals surface area contributed by atoms with Crippen LogP contribution in [0.4, 0.5) is 0 Å². The number of esters is 1. The van der Waals surface area contributed by atoms with Crippen LogP contribution in [-0.2, 0) is 11.3 Å². The Morgan fingerprint density at radius 1 is 1.16 bits per heavy atom. The second-order valence-corrected chi connectivity index (χ2v) is 5.12. The lowest BCUT2D eigenvalue weighted by Gasteiger charge is -2.07. The molecule has 0 aliphatic carbocycles. The van der Waals surface area contributed by atoms with Gasteiger partial charge in [-0.3, -0.25) is 0 Å². The average molecular weight is 272 g/mol. The van der Waals surface area contributed by atoms with Gasteiger partial charge in [0.2, 0.25) is 0 Å². The molecule has 2 aromatic carbocycles. The van der Waals surface area contributed by atoms with Crippen LogP contribution in [0.15, 0.2) is 53.4 Å². The monoisotopic (exact) mass is 272 g/mol. The van der Waals surface area contributed by atoms with E-state index >= 15 is 0 Å². The van der Waals surface area contributed by atoms with E-state index < -0.39 is 0 Å². The Balaban J connectivity index is 2.02. The van der Waals surface area contributed by atoms with E-state index in [1.807, 2.05) is 55.6 Å². The Kier molecular flexibility index (Phi) is 4.63. The van der Waals surface area contributed by atoms with Gasteiger partial charge in [-0.2, -0.15) is 0 Å². The first kappa shape index (κ1) is 13.7. The largest absolute Gasteiger partial charge is 0.457 e. The highest BCUT2D eigenvalue weighted by Crippen LogP contribution is 2.17. The van der Waals surface area contributed by atoms with Gasteiger partial charge in [-0.15, -0.1) is 11.8 Å². The fraction of sp³-hybridized carbons (Fsp3) is 0.188. The van der Waals surface area contributed by atoms with Crippen LogP contribution >= 0.6 is 11.8 Å². The molecule has 0 bridgehead atoms. The Bertz CT molecular complexity index is 578. The topological polar surface area (TPSA) is 26.3 Å². The summed E-state index contributed by atoms with van der Waals surface area (Å²) in [6.45, 7) is 2.21. The first-order valence-electron chi connectivity index (χ1n) is 6.06. The van der Waals surface area contributed by atoms with E-state index in [1.54, 1.807) is 17.8 Å². The van der Waals surface area contributed by atoms with E-state index in [4.69, 9.17) is 4.74 Å². The minimum atomic E-state index is -0.271. The summed E-state index contributed by atoms with van der Waals surface area (Å²) in [7, 11) is 0. The quantitative estimate of drug-likeness (QED) is 0.620. The molecule has 0 fully saturated rings. The molecule has 0 aliphatic rings. The second-order valence-electron chi connectivity index (χ2n) is 4.24. The molecule has 2 nitrogen and oxygen atoms in total. The highest BCUT2D eigenvalue weighted by Gasteiger charge is 2.09. The van der Waals surface area contributed by atoms with Crippen LogP contribution in [-0.4, -0.2) is 12.2 Å². The molecular formula is C16H16O2S. The molecule has 98 valence electrons. The number of benzene rings is 2. The summed E-state index contributed by atoms with van der Waals surface area (Å²) in [5, 5.41) is 0. The van der Waals surface area contributed by atoms with Gasteiger partial charge in [0.25, 0.3) is 0 Å². The molecule has 0 amide bonds. The van der Waals surface area contributed by atoms with Crippen LogP contribution in [0.3, 0.4) is 0 Å². The molecular weight excluding hydrogens is 256 g/mol. The van der Waals surface area contributed by atoms with E-state index in [-0.39, 0.29) is 5.97 Å². The van der Waals surface area contributed by atoms with Crippen molar-refractivity contribution in [2.24, 2.45) is 0 Å². The maximum absolute atomic E-state index is 12.0. The maximum atomic E-state index is 12.0. The number of ether oxygens (including phenoxy) is 1. The molecule has 0 aromatic heterocycles. The molecule has 2 aromatic rings. The number of hydrogen-bond donors (Lipinski definition) is 0. The van der Waals surface area contributed by atoms with Crippen molar-refractivity contribution in [3.63, 3.8) is 0 Å². The molecule has 3 heteroatoms. The molecule has 0 unspecified atom stereocenters. The van der Waals surface area contributed by atoms with E-state index in [1.165, 1.54) is 4.90 Å². The zero-order chi connectivity index (χ0) is 13.7. The van der Waals surface area contributed by atoms with Crippen LogP contribution in [0.25, 0.3) is 0 Å². The van der Waals surface area contributed by atoms with Gasteiger partial charge in [0, 0.05) is 4.90 Å². The summed E-state index contributed by atoms with van der Waals surface area (Å²) in [6.07, 6.45) is 2.03. The lowest BCUT2D eigenvalue weighted by molar-refractivity contribution is 0.0471. The summed E-state index contributed by atoms with van der Waals surface area (Å²) >= 11 is 1.68. The SMILES string of the molecule is CSc1cccc(COC(=O)c2ccccc2C)c1. The van der Waals surface area contributed by atoms with Gasteiger partial charge in [0.15, 0.2) is 0 Å². The molecule has 2 rings (SSSR count). The summed E-state index contributed by atoms with van der Waals surface area (Å²) in [5.74, 6) is -0.271. The molecule has 0 heterocycles. The van der Waals surface area contributed by atoms with Crippen molar-refractivity contribution in [2.75, 3.05) is 6.26 Å². The Labute approximate surface area is 117 Å². The molecule has 19 heavy (non-hydrogen) atoms. The molecule has 0 radical (unpaired) electrons. The van der Waals surface area contributed by atoms with Gasteiger partial charge in [-0.1, -0.05) is 30.3 Å². The van der Waals surface area contributed by atoms with E-state index in [9.17, 15) is 4.79 Å². The van der Waals surface area contributed by atoms with Gasteiger partial charge in [0.1, 0.15) is 6.61 Å². The maximum Gasteiger partial charge on any atom is 0.338 e. The smallest absolute Gasteiger partial charge is 0.338 e. The van der Waals surface area contributed by atoms with Crippen LogP contribution in [0.5, 0.6) is 0 Å². The molecule has 0 spiro atoms. The van der Waals surface area contributed by atoms with Crippen LogP contribution < -0.4 is 0 Å². The second kappa shape index (κ2) is 6.43. The number of hydrogen-bond acceptors (Lipinski definition) is 3. The fourth-order valence-corrected chi connectivity index (χ4v) is 2.27. The molecule has 0 atom stereocenters. The number of carbonyl (C=O) groups is 1. The molecule has 0 saturated heterocycles. The zero-order valence-corrected chi connectivity index (χ0v) is 11.9. The summed E-state index contributed by atoms with van der Waals surface area (Å²) < 4.78 is 5.35. The lowest BCUT2D eigenvalue weighted by atomic mass is 10.1. The van der Waals surface area contributed by atoms with Gasteiger partial charge < -0.3 is 4.74 Å². The van der Waals surface area contributed by atoms with Crippen molar-refractivity contribution < 1.29 is 9.53 Å². The van der Waals surface area contributed by atoms with Gasteiger partial charge in [0.05, 0.1) is 5.56 Å². The summed E-state index contributed by atoms with van der Waals surface area (Å²) in [4.78, 5) is 13.1. The van der Waals surface area contributed by atoms with E-state index in [2.05, 4.69) is 0 Å². The highest BCUT2D eigenvalue weighted by atomic mass is 32.2. The third kappa shape index (κ3) is 3.61. The minimum Gasteiger partial charge on any atom is -0.457 e. The van der Waals surface area contributed by atoms with Crippen molar-refractivity contribution in [1.29, 1.82) is 0 Å². The fourth-order valence-electron chi connectivity index (χ4n) is 1.79. The Morgan fingerprint density at radius 3 is 2.68 bits per heavy atom. The standard InChI is InChI=1S/C16H16O2S/c1-12-6-3-4-9-15(12)16(17)18-11-13-7-5-8-14(10-13)19-2/h3-10H,11H2,1-2H3. The van der Waals surface area contributed by atoms with Crippen LogP contribution in [0.2, 0.25) is 0 Å². The zero-order valence-electron chi connectivity index (χ0n) is 11.1. The van der Waals surface area contributed by atoms with Gasteiger partial charge in [-0.05, 0) is 42.5 Å². The number of rotatable bonds is 4. The third-order valence-corrected chi connectivity index (χ3v) is 3.59. The number of aryl methyl sites for hydroxylation is 1. The predicted octanol–water partition coefficient (Wildman–Crippen LogP) is 4.07. The van der Waals surface area contributed by atoms with Crippen LogP contribution in [0.1, 0.15) is 21.5 Å². The molecule has 0 N–H and O–H groups in total. The Morgan fingerprint density at radius 2 is 1.95 bits per heavy atom. The van der Waals surface area contributed by atoms with Crippen molar-refractivity contribution in [1.82, 2.24) is 0 Å². The first-order chi connectivity index (χ1) is 9.20.